The maximum Gasteiger partial charge on any atom is 0.233 e. The molecule has 0 aliphatic carbocycles. The second kappa shape index (κ2) is 4.32. The van der Waals surface area contributed by atoms with Crippen LogP contribution in [0.3, 0.4) is 0 Å². The van der Waals surface area contributed by atoms with Gasteiger partial charge in [0.2, 0.25) is 5.89 Å². The minimum Gasteiger partial charge on any atom is -0.381 e. The number of carbonyl (C=O) groups excluding carboxylic acids is 1. The van der Waals surface area contributed by atoms with E-state index in [0.717, 1.165) is 32.3 Å². The summed E-state index contributed by atoms with van der Waals surface area (Å²) in [4.78, 5) is 14.4. The first-order chi connectivity index (χ1) is 6.90. The van der Waals surface area contributed by atoms with Gasteiger partial charge in [0.1, 0.15) is 6.29 Å². The summed E-state index contributed by atoms with van der Waals surface area (Å²) in [6, 6.07) is 0. The molecule has 0 bridgehead atoms. The van der Waals surface area contributed by atoms with Crippen LogP contribution in [0.5, 0.6) is 0 Å². The van der Waals surface area contributed by atoms with Gasteiger partial charge in [0.25, 0.3) is 0 Å². The van der Waals surface area contributed by atoms with Crippen LogP contribution in [0.25, 0.3) is 0 Å². The van der Waals surface area contributed by atoms with Gasteiger partial charge in [-0.2, -0.15) is 4.98 Å². The number of hydrogen-bond donors (Lipinski definition) is 0. The van der Waals surface area contributed by atoms with E-state index < -0.39 is 0 Å². The normalized spacial score (nSPS) is 18.3. The first-order valence-corrected chi connectivity index (χ1v) is 4.74. The van der Waals surface area contributed by atoms with Crippen molar-refractivity contribution in [2.75, 3.05) is 13.2 Å². The fourth-order valence-electron chi connectivity index (χ4n) is 1.54. The molecule has 0 spiro atoms. The van der Waals surface area contributed by atoms with Crippen LogP contribution >= 0.6 is 0 Å². The van der Waals surface area contributed by atoms with E-state index in [0.29, 0.717) is 17.6 Å². The number of aromatic nitrogens is 2. The molecule has 1 aliphatic heterocycles. The molecule has 0 atom stereocenters. The largest absolute Gasteiger partial charge is 0.381 e. The molecular weight excluding hydrogens is 184 g/mol. The van der Waals surface area contributed by atoms with Gasteiger partial charge in [-0.05, 0) is 12.8 Å². The highest BCUT2D eigenvalue weighted by molar-refractivity contribution is 5.52. The molecule has 5 nitrogen and oxygen atoms in total. The molecule has 76 valence electrons. The highest BCUT2D eigenvalue weighted by Gasteiger charge is 2.20. The number of carbonyl (C=O) groups is 1. The Bertz CT molecular complexity index is 305. The molecule has 1 aromatic rings. The quantitative estimate of drug-likeness (QED) is 0.666. The molecule has 0 amide bonds. The predicted molar refractivity (Wildman–Crippen MR) is 46.9 cm³/mol. The molecule has 2 rings (SSSR count). The Morgan fingerprint density at radius 3 is 2.93 bits per heavy atom. The van der Waals surface area contributed by atoms with Crippen LogP contribution in [0, 0.1) is 0 Å². The van der Waals surface area contributed by atoms with Crippen molar-refractivity contribution in [3.63, 3.8) is 0 Å². The summed E-state index contributed by atoms with van der Waals surface area (Å²) < 4.78 is 10.2. The average molecular weight is 196 g/mol. The van der Waals surface area contributed by atoms with Crippen molar-refractivity contribution < 1.29 is 14.1 Å². The van der Waals surface area contributed by atoms with E-state index in [-0.39, 0.29) is 6.42 Å². The van der Waals surface area contributed by atoms with Crippen LogP contribution in [0.2, 0.25) is 0 Å². The van der Waals surface area contributed by atoms with E-state index in [1.165, 1.54) is 0 Å². The first-order valence-electron chi connectivity index (χ1n) is 4.74. The SMILES string of the molecule is O=CCc1nc(C2CCOCC2)no1. The summed E-state index contributed by atoms with van der Waals surface area (Å²) in [5, 5.41) is 3.86. The van der Waals surface area contributed by atoms with Gasteiger partial charge in [-0.25, -0.2) is 0 Å². The molecule has 0 radical (unpaired) electrons. The minimum absolute atomic E-state index is 0.205. The number of ether oxygens (including phenoxy) is 1. The van der Waals surface area contributed by atoms with Gasteiger partial charge in [-0.1, -0.05) is 5.16 Å². The summed E-state index contributed by atoms with van der Waals surface area (Å²) in [6.07, 6.45) is 2.83. The minimum atomic E-state index is 0.205. The van der Waals surface area contributed by atoms with E-state index in [1.807, 2.05) is 0 Å². The van der Waals surface area contributed by atoms with Crippen LogP contribution in [0.4, 0.5) is 0 Å². The maximum absolute atomic E-state index is 10.2. The summed E-state index contributed by atoms with van der Waals surface area (Å²) in [5.41, 5.74) is 0. The fraction of sp³-hybridized carbons (Fsp3) is 0.667. The first kappa shape index (κ1) is 9.33. The number of rotatable bonds is 3. The van der Waals surface area contributed by atoms with Gasteiger partial charge in [0.15, 0.2) is 5.82 Å². The van der Waals surface area contributed by atoms with Crippen LogP contribution in [0.15, 0.2) is 4.52 Å². The molecule has 1 aromatic heterocycles. The smallest absolute Gasteiger partial charge is 0.233 e. The third-order valence-electron chi connectivity index (χ3n) is 2.33. The van der Waals surface area contributed by atoms with Gasteiger partial charge >= 0.3 is 0 Å². The molecule has 0 unspecified atom stereocenters. The second-order valence-electron chi connectivity index (χ2n) is 3.30. The van der Waals surface area contributed by atoms with Crippen molar-refractivity contribution in [3.8, 4) is 0 Å². The molecule has 0 saturated carbocycles. The van der Waals surface area contributed by atoms with Crippen molar-refractivity contribution in [2.24, 2.45) is 0 Å². The van der Waals surface area contributed by atoms with Crippen molar-refractivity contribution >= 4 is 6.29 Å². The van der Waals surface area contributed by atoms with Crippen molar-refractivity contribution in [2.45, 2.75) is 25.2 Å². The highest BCUT2D eigenvalue weighted by atomic mass is 16.5. The van der Waals surface area contributed by atoms with Crippen LogP contribution < -0.4 is 0 Å². The van der Waals surface area contributed by atoms with Crippen LogP contribution in [-0.2, 0) is 16.0 Å². The lowest BCUT2D eigenvalue weighted by atomic mass is 10.00. The molecule has 1 aliphatic rings. The van der Waals surface area contributed by atoms with Gasteiger partial charge < -0.3 is 14.1 Å². The molecule has 0 N–H and O–H groups in total. The van der Waals surface area contributed by atoms with E-state index >= 15 is 0 Å². The standard InChI is InChI=1S/C9H12N2O3/c12-4-1-8-10-9(11-14-8)7-2-5-13-6-3-7/h4,7H,1-3,5-6H2. The third kappa shape index (κ3) is 1.98. The topological polar surface area (TPSA) is 65.2 Å². The van der Waals surface area contributed by atoms with Crippen LogP contribution in [0.1, 0.15) is 30.5 Å². The van der Waals surface area contributed by atoms with Crippen molar-refractivity contribution in [1.82, 2.24) is 10.1 Å². The Morgan fingerprint density at radius 2 is 2.21 bits per heavy atom. The average Bonchev–Trinajstić information content (AvgIpc) is 2.68. The Hall–Kier alpha value is -1.23. The summed E-state index contributed by atoms with van der Waals surface area (Å²) >= 11 is 0. The van der Waals surface area contributed by atoms with Gasteiger partial charge in [0.05, 0.1) is 6.42 Å². The lowest BCUT2D eigenvalue weighted by Gasteiger charge is -2.18. The predicted octanol–water partition coefficient (Wildman–Crippen LogP) is 0.705. The monoisotopic (exact) mass is 196 g/mol. The van der Waals surface area contributed by atoms with Crippen LogP contribution in [-0.4, -0.2) is 29.6 Å². The third-order valence-corrected chi connectivity index (χ3v) is 2.33. The second-order valence-corrected chi connectivity index (χ2v) is 3.30. The Morgan fingerprint density at radius 1 is 1.43 bits per heavy atom. The molecule has 14 heavy (non-hydrogen) atoms. The van der Waals surface area contributed by atoms with Gasteiger partial charge in [-0.3, -0.25) is 0 Å². The zero-order valence-corrected chi connectivity index (χ0v) is 7.81. The molecule has 1 saturated heterocycles. The maximum atomic E-state index is 10.2. The molecule has 0 aromatic carbocycles. The lowest BCUT2D eigenvalue weighted by molar-refractivity contribution is -0.107. The molecular formula is C9H12N2O3. The zero-order chi connectivity index (χ0) is 9.80. The zero-order valence-electron chi connectivity index (χ0n) is 7.81. The summed E-state index contributed by atoms with van der Waals surface area (Å²) in [5.74, 6) is 1.44. The number of nitrogens with zero attached hydrogens (tertiary/aromatic N) is 2. The molecule has 5 heteroatoms. The Kier molecular flexibility index (Phi) is 2.88. The van der Waals surface area contributed by atoms with Crippen molar-refractivity contribution in [3.05, 3.63) is 11.7 Å². The van der Waals surface area contributed by atoms with E-state index in [9.17, 15) is 4.79 Å². The highest BCUT2D eigenvalue weighted by Crippen LogP contribution is 2.24. The fourth-order valence-corrected chi connectivity index (χ4v) is 1.54. The summed E-state index contributed by atoms with van der Waals surface area (Å²) in [6.45, 7) is 1.50. The van der Waals surface area contributed by atoms with E-state index in [2.05, 4.69) is 10.1 Å². The van der Waals surface area contributed by atoms with Gasteiger partial charge in [-0.15, -0.1) is 0 Å². The lowest BCUT2D eigenvalue weighted by Crippen LogP contribution is -2.15. The summed E-state index contributed by atoms with van der Waals surface area (Å²) in [7, 11) is 0. The van der Waals surface area contributed by atoms with E-state index in [4.69, 9.17) is 9.26 Å². The Labute approximate surface area is 81.4 Å². The number of aldehydes is 1. The van der Waals surface area contributed by atoms with Crippen molar-refractivity contribution in [1.29, 1.82) is 0 Å². The molecule has 2 heterocycles. The Balaban J connectivity index is 2.03. The van der Waals surface area contributed by atoms with Gasteiger partial charge in [0, 0.05) is 19.1 Å². The molecule has 1 fully saturated rings. The number of hydrogen-bond acceptors (Lipinski definition) is 5. The van der Waals surface area contributed by atoms with E-state index in [1.54, 1.807) is 0 Å².